The molecule has 0 bridgehead atoms. The number of ether oxygens (including phenoxy) is 1. The van der Waals surface area contributed by atoms with Crippen molar-refractivity contribution in [1.82, 2.24) is 0 Å². The zero-order valence-corrected chi connectivity index (χ0v) is 10.2. The summed E-state index contributed by atoms with van der Waals surface area (Å²) < 4.78 is 5.50. The Balaban J connectivity index is 2.26. The first-order chi connectivity index (χ1) is 8.33. The fraction of sp³-hybridized carbons (Fsp3) is 0.400. The number of benzene rings is 1. The first-order valence-electron chi connectivity index (χ1n) is 6.28. The largest absolute Gasteiger partial charge is 0.493 e. The van der Waals surface area contributed by atoms with E-state index in [1.54, 1.807) is 0 Å². The molecule has 0 heterocycles. The first-order valence-corrected chi connectivity index (χ1v) is 6.28. The molecule has 2 heteroatoms. The average Bonchev–Trinajstić information content (AvgIpc) is 2.40. The van der Waals surface area contributed by atoms with Gasteiger partial charge in [-0.05, 0) is 50.3 Å². The lowest BCUT2D eigenvalue weighted by atomic mass is 9.93. The van der Waals surface area contributed by atoms with Crippen LogP contribution in [-0.2, 0) is 0 Å². The first kappa shape index (κ1) is 11.9. The molecule has 0 unspecified atom stereocenters. The lowest BCUT2D eigenvalue weighted by molar-refractivity contribution is 0.102. The van der Waals surface area contributed by atoms with Gasteiger partial charge in [-0.15, -0.1) is 0 Å². The van der Waals surface area contributed by atoms with Crippen LogP contribution in [0.3, 0.4) is 0 Å². The van der Waals surface area contributed by atoms with E-state index in [1.807, 2.05) is 31.2 Å². The number of para-hydroxylation sites is 1. The van der Waals surface area contributed by atoms with Crippen molar-refractivity contribution in [2.45, 2.75) is 32.6 Å². The minimum atomic E-state index is 0.133. The van der Waals surface area contributed by atoms with Crippen molar-refractivity contribution in [3.8, 4) is 5.75 Å². The molecule has 1 aromatic rings. The predicted octanol–water partition coefficient (Wildman–Crippen LogP) is 3.77. The summed E-state index contributed by atoms with van der Waals surface area (Å²) >= 11 is 0. The molecule has 1 aliphatic rings. The van der Waals surface area contributed by atoms with Crippen LogP contribution in [-0.4, -0.2) is 12.4 Å². The van der Waals surface area contributed by atoms with E-state index < -0.39 is 0 Å². The molecule has 0 radical (unpaired) electrons. The minimum Gasteiger partial charge on any atom is -0.493 e. The topological polar surface area (TPSA) is 26.3 Å². The van der Waals surface area contributed by atoms with Crippen molar-refractivity contribution in [3.05, 3.63) is 41.5 Å². The summed E-state index contributed by atoms with van der Waals surface area (Å²) in [6.07, 6.45) is 6.32. The third-order valence-corrected chi connectivity index (χ3v) is 3.01. The highest BCUT2D eigenvalue weighted by atomic mass is 16.5. The lowest BCUT2D eigenvalue weighted by Crippen LogP contribution is -2.08. The van der Waals surface area contributed by atoms with Crippen LogP contribution in [0, 0.1) is 0 Å². The zero-order chi connectivity index (χ0) is 12.1. The molecule has 1 aromatic carbocycles. The number of hydrogen-bond donors (Lipinski definition) is 0. The number of rotatable bonds is 4. The van der Waals surface area contributed by atoms with Crippen LogP contribution >= 0.6 is 0 Å². The maximum absolute atomic E-state index is 12.3. The summed E-state index contributed by atoms with van der Waals surface area (Å²) in [4.78, 5) is 12.3. The Bertz CT molecular complexity index is 432. The van der Waals surface area contributed by atoms with E-state index in [0.29, 0.717) is 17.9 Å². The Hall–Kier alpha value is -1.57. The predicted molar refractivity (Wildman–Crippen MR) is 68.5 cm³/mol. The van der Waals surface area contributed by atoms with Gasteiger partial charge in [-0.1, -0.05) is 18.2 Å². The highest BCUT2D eigenvalue weighted by Gasteiger charge is 2.17. The van der Waals surface area contributed by atoms with E-state index in [1.165, 1.54) is 6.42 Å². The fourth-order valence-corrected chi connectivity index (χ4v) is 2.15. The van der Waals surface area contributed by atoms with Gasteiger partial charge in [-0.25, -0.2) is 0 Å². The fourth-order valence-electron chi connectivity index (χ4n) is 2.15. The van der Waals surface area contributed by atoms with Crippen LogP contribution in [0.2, 0.25) is 0 Å². The van der Waals surface area contributed by atoms with Gasteiger partial charge in [-0.3, -0.25) is 4.79 Å². The van der Waals surface area contributed by atoms with E-state index in [4.69, 9.17) is 4.74 Å². The smallest absolute Gasteiger partial charge is 0.192 e. The monoisotopic (exact) mass is 230 g/mol. The molecule has 0 N–H and O–H groups in total. The van der Waals surface area contributed by atoms with E-state index >= 15 is 0 Å². The Morgan fingerprint density at radius 1 is 1.29 bits per heavy atom. The highest BCUT2D eigenvalue weighted by molar-refractivity contribution is 6.10. The molecule has 0 fully saturated rings. The molecule has 0 aromatic heterocycles. The molecule has 0 spiro atoms. The number of carbonyl (C=O) groups is 1. The number of allylic oxidation sites excluding steroid dienone is 2. The van der Waals surface area contributed by atoms with E-state index in [-0.39, 0.29) is 5.78 Å². The molecule has 0 saturated heterocycles. The molecule has 2 rings (SSSR count). The van der Waals surface area contributed by atoms with Gasteiger partial charge in [0, 0.05) is 0 Å². The second-order valence-electron chi connectivity index (χ2n) is 4.23. The molecule has 17 heavy (non-hydrogen) atoms. The molecule has 0 saturated carbocycles. The second kappa shape index (κ2) is 5.67. The van der Waals surface area contributed by atoms with Crippen molar-refractivity contribution < 1.29 is 9.53 Å². The summed E-state index contributed by atoms with van der Waals surface area (Å²) in [6, 6.07) is 7.50. The Kier molecular flexibility index (Phi) is 3.97. The van der Waals surface area contributed by atoms with E-state index in [9.17, 15) is 4.79 Å². The van der Waals surface area contributed by atoms with Crippen molar-refractivity contribution >= 4 is 5.78 Å². The second-order valence-corrected chi connectivity index (χ2v) is 4.23. The minimum absolute atomic E-state index is 0.133. The third kappa shape index (κ3) is 2.76. The standard InChI is InChI=1S/C15H18O2/c1-2-17-14-11-7-6-10-13(14)15(16)12-8-4-3-5-9-12/h6-8,10-11H,2-5,9H2,1H3. The maximum atomic E-state index is 12.3. The molecule has 2 nitrogen and oxygen atoms in total. The van der Waals surface area contributed by atoms with Crippen molar-refractivity contribution in [3.63, 3.8) is 0 Å². The SMILES string of the molecule is CCOc1ccccc1C(=O)C1=CCCCC1. The quantitative estimate of drug-likeness (QED) is 0.736. The lowest BCUT2D eigenvalue weighted by Gasteiger charge is -2.14. The summed E-state index contributed by atoms with van der Waals surface area (Å²) in [5.41, 5.74) is 1.64. The van der Waals surface area contributed by atoms with Crippen LogP contribution in [0.5, 0.6) is 5.75 Å². The van der Waals surface area contributed by atoms with Crippen LogP contribution in [0.25, 0.3) is 0 Å². The summed E-state index contributed by atoms with van der Waals surface area (Å²) in [5.74, 6) is 0.834. The molecule has 0 atom stereocenters. The molecule has 0 aliphatic heterocycles. The summed E-state index contributed by atoms with van der Waals surface area (Å²) in [5, 5.41) is 0. The molecular formula is C15H18O2. The number of carbonyl (C=O) groups excluding carboxylic acids is 1. The van der Waals surface area contributed by atoms with Crippen molar-refractivity contribution in [2.75, 3.05) is 6.61 Å². The van der Waals surface area contributed by atoms with Gasteiger partial charge in [0.15, 0.2) is 5.78 Å². The number of Topliss-reactive ketones (excluding diaryl/α,β-unsaturated/α-hetero) is 1. The molecule has 90 valence electrons. The van der Waals surface area contributed by atoms with Gasteiger partial charge in [0.05, 0.1) is 12.2 Å². The van der Waals surface area contributed by atoms with Crippen LogP contribution in [0.4, 0.5) is 0 Å². The van der Waals surface area contributed by atoms with Crippen LogP contribution in [0.15, 0.2) is 35.9 Å². The third-order valence-electron chi connectivity index (χ3n) is 3.01. The molecule has 1 aliphatic carbocycles. The maximum Gasteiger partial charge on any atom is 0.192 e. The Labute approximate surface area is 102 Å². The van der Waals surface area contributed by atoms with Gasteiger partial charge >= 0.3 is 0 Å². The highest BCUT2D eigenvalue weighted by Crippen LogP contribution is 2.26. The zero-order valence-electron chi connectivity index (χ0n) is 10.2. The molecule has 0 amide bonds. The number of hydrogen-bond acceptors (Lipinski definition) is 2. The van der Waals surface area contributed by atoms with Crippen molar-refractivity contribution in [1.29, 1.82) is 0 Å². The summed E-state index contributed by atoms with van der Waals surface area (Å²) in [7, 11) is 0. The van der Waals surface area contributed by atoms with Gasteiger partial charge in [0.2, 0.25) is 0 Å². The van der Waals surface area contributed by atoms with E-state index in [2.05, 4.69) is 6.08 Å². The Morgan fingerprint density at radius 2 is 2.12 bits per heavy atom. The Morgan fingerprint density at radius 3 is 2.82 bits per heavy atom. The van der Waals surface area contributed by atoms with Crippen LogP contribution in [0.1, 0.15) is 43.0 Å². The molecular weight excluding hydrogens is 212 g/mol. The van der Waals surface area contributed by atoms with Crippen molar-refractivity contribution in [2.24, 2.45) is 0 Å². The van der Waals surface area contributed by atoms with Gasteiger partial charge in [0.1, 0.15) is 5.75 Å². The summed E-state index contributed by atoms with van der Waals surface area (Å²) in [6.45, 7) is 2.52. The average molecular weight is 230 g/mol. The van der Waals surface area contributed by atoms with E-state index in [0.717, 1.165) is 24.8 Å². The van der Waals surface area contributed by atoms with Crippen LogP contribution < -0.4 is 4.74 Å². The number of ketones is 1. The van der Waals surface area contributed by atoms with Gasteiger partial charge in [0.25, 0.3) is 0 Å². The van der Waals surface area contributed by atoms with Gasteiger partial charge < -0.3 is 4.74 Å². The normalized spacial score (nSPS) is 15.2. The van der Waals surface area contributed by atoms with Gasteiger partial charge in [-0.2, -0.15) is 0 Å².